The van der Waals surface area contributed by atoms with E-state index in [0.717, 1.165) is 39.0 Å². The second kappa shape index (κ2) is 9.70. The molecule has 45 heavy (non-hydrogen) atoms. The molecule has 0 N–H and O–H groups in total. The first kappa shape index (κ1) is 25.9. The Morgan fingerprint density at radius 1 is 0.489 bits per heavy atom. The van der Waals surface area contributed by atoms with E-state index in [-0.39, 0.29) is 5.41 Å². The molecule has 2 heteroatoms. The number of benzene rings is 7. The van der Waals surface area contributed by atoms with E-state index in [4.69, 9.17) is 4.42 Å². The molecule has 2 nitrogen and oxygen atoms in total. The number of rotatable bonds is 4. The second-order valence-electron chi connectivity index (χ2n) is 12.5. The van der Waals surface area contributed by atoms with Gasteiger partial charge >= 0.3 is 0 Å². The second-order valence-corrected chi connectivity index (χ2v) is 12.5. The van der Waals surface area contributed by atoms with Gasteiger partial charge in [0.2, 0.25) is 0 Å². The first-order chi connectivity index (χ1) is 22.1. The summed E-state index contributed by atoms with van der Waals surface area (Å²) >= 11 is 0. The number of anilines is 3. The molecule has 0 saturated heterocycles. The van der Waals surface area contributed by atoms with E-state index in [1.807, 2.05) is 0 Å². The summed E-state index contributed by atoms with van der Waals surface area (Å²) < 4.78 is 6.85. The standard InChI is InChI=1S/C43H31NO/c1-43(2)35-21-10-8-19-33(35)41-36(43)22-13-24-38(41)44(37-23-11-9-18-31(37)28-14-4-3-5-15-28)39-25-12-20-32-34-26-29-16-6-7-17-30(29)27-40(34)45-42(32)39/h3-27H,1-2H3. The molecule has 0 fully saturated rings. The zero-order chi connectivity index (χ0) is 30.1. The summed E-state index contributed by atoms with van der Waals surface area (Å²) in [5.74, 6) is 0. The predicted molar refractivity (Wildman–Crippen MR) is 189 cm³/mol. The maximum atomic E-state index is 6.85. The topological polar surface area (TPSA) is 16.4 Å². The van der Waals surface area contributed by atoms with Crippen LogP contribution in [0.2, 0.25) is 0 Å². The van der Waals surface area contributed by atoms with E-state index >= 15 is 0 Å². The van der Waals surface area contributed by atoms with Crippen LogP contribution in [-0.4, -0.2) is 0 Å². The Labute approximate surface area is 262 Å². The van der Waals surface area contributed by atoms with Gasteiger partial charge in [-0.05, 0) is 63.4 Å². The van der Waals surface area contributed by atoms with Gasteiger partial charge in [-0.2, -0.15) is 0 Å². The summed E-state index contributed by atoms with van der Waals surface area (Å²) in [7, 11) is 0. The minimum atomic E-state index is -0.113. The smallest absolute Gasteiger partial charge is 0.159 e. The van der Waals surface area contributed by atoms with Crippen LogP contribution in [0.1, 0.15) is 25.0 Å². The molecule has 7 aromatic carbocycles. The minimum absolute atomic E-state index is 0.113. The van der Waals surface area contributed by atoms with Crippen LogP contribution in [0, 0.1) is 0 Å². The maximum absolute atomic E-state index is 6.85. The van der Waals surface area contributed by atoms with Gasteiger partial charge in [0.25, 0.3) is 0 Å². The first-order valence-corrected chi connectivity index (χ1v) is 15.6. The number of hydrogen-bond acceptors (Lipinski definition) is 2. The SMILES string of the molecule is CC1(C)c2ccccc2-c2c(N(c3ccccc3-c3ccccc3)c3cccc4c3oc3cc5ccccc5cc34)cccc21. The van der Waals surface area contributed by atoms with Gasteiger partial charge in [0.15, 0.2) is 5.58 Å². The fraction of sp³-hybridized carbons (Fsp3) is 0.0698. The Morgan fingerprint density at radius 2 is 1.11 bits per heavy atom. The Morgan fingerprint density at radius 3 is 1.96 bits per heavy atom. The molecule has 1 heterocycles. The maximum Gasteiger partial charge on any atom is 0.159 e. The molecule has 214 valence electrons. The summed E-state index contributed by atoms with van der Waals surface area (Å²) in [5.41, 5.74) is 12.6. The summed E-state index contributed by atoms with van der Waals surface area (Å²) in [6.07, 6.45) is 0. The van der Waals surface area contributed by atoms with Gasteiger partial charge in [-0.3, -0.25) is 0 Å². The lowest BCUT2D eigenvalue weighted by Gasteiger charge is -2.30. The zero-order valence-electron chi connectivity index (χ0n) is 25.3. The molecule has 0 saturated carbocycles. The van der Waals surface area contributed by atoms with Crippen LogP contribution in [0.4, 0.5) is 17.1 Å². The van der Waals surface area contributed by atoms with Gasteiger partial charge in [0.05, 0.1) is 17.1 Å². The lowest BCUT2D eigenvalue weighted by molar-refractivity contribution is 0.660. The molecule has 0 radical (unpaired) electrons. The van der Waals surface area contributed by atoms with Crippen LogP contribution in [0.3, 0.4) is 0 Å². The van der Waals surface area contributed by atoms with Crippen LogP contribution in [0.25, 0.3) is 55.0 Å². The molecule has 0 spiro atoms. The fourth-order valence-electron chi connectivity index (χ4n) is 7.49. The quantitative estimate of drug-likeness (QED) is 0.207. The van der Waals surface area contributed by atoms with Crippen LogP contribution in [0.5, 0.6) is 0 Å². The third-order valence-electron chi connectivity index (χ3n) is 9.64. The van der Waals surface area contributed by atoms with Crippen molar-refractivity contribution < 1.29 is 4.42 Å². The molecule has 0 amide bonds. The van der Waals surface area contributed by atoms with Gasteiger partial charge in [-0.25, -0.2) is 0 Å². The normalized spacial score (nSPS) is 13.3. The summed E-state index contributed by atoms with van der Waals surface area (Å²) in [6.45, 7) is 4.68. The number of hydrogen-bond donors (Lipinski definition) is 0. The van der Waals surface area contributed by atoms with Crippen molar-refractivity contribution in [3.63, 3.8) is 0 Å². The summed E-state index contributed by atoms with van der Waals surface area (Å²) in [5, 5.41) is 4.64. The van der Waals surface area contributed by atoms with Crippen molar-refractivity contribution in [2.24, 2.45) is 0 Å². The Balaban J connectivity index is 1.39. The molecule has 0 unspecified atom stereocenters. The molecule has 1 aliphatic rings. The van der Waals surface area contributed by atoms with Crippen LogP contribution >= 0.6 is 0 Å². The highest BCUT2D eigenvalue weighted by Gasteiger charge is 2.38. The van der Waals surface area contributed by atoms with Crippen molar-refractivity contribution in [2.75, 3.05) is 4.90 Å². The van der Waals surface area contributed by atoms with E-state index in [2.05, 4.69) is 170 Å². The molecule has 0 bridgehead atoms. The van der Waals surface area contributed by atoms with Gasteiger partial charge in [0.1, 0.15) is 5.58 Å². The monoisotopic (exact) mass is 577 g/mol. The van der Waals surface area contributed by atoms with E-state index in [9.17, 15) is 0 Å². The van der Waals surface area contributed by atoms with Gasteiger partial charge < -0.3 is 9.32 Å². The van der Waals surface area contributed by atoms with Gasteiger partial charge in [-0.1, -0.05) is 135 Å². The van der Waals surface area contributed by atoms with Crippen molar-refractivity contribution >= 4 is 49.8 Å². The number of fused-ring (bicyclic) bond motifs is 7. The molecule has 1 aliphatic carbocycles. The van der Waals surface area contributed by atoms with Crippen molar-refractivity contribution in [1.29, 1.82) is 0 Å². The number of furan rings is 1. The molecule has 0 aliphatic heterocycles. The van der Waals surface area contributed by atoms with Crippen LogP contribution in [0.15, 0.2) is 156 Å². The molecular weight excluding hydrogens is 546 g/mol. The zero-order valence-corrected chi connectivity index (χ0v) is 25.3. The Hall–Kier alpha value is -5.60. The first-order valence-electron chi connectivity index (χ1n) is 15.6. The molecular formula is C43H31NO. The lowest BCUT2D eigenvalue weighted by atomic mass is 9.82. The Kier molecular flexibility index (Phi) is 5.58. The van der Waals surface area contributed by atoms with E-state index in [1.165, 1.54) is 44.2 Å². The van der Waals surface area contributed by atoms with Gasteiger partial charge in [-0.15, -0.1) is 0 Å². The average Bonchev–Trinajstić information content (AvgIpc) is 3.57. The third kappa shape index (κ3) is 3.82. The third-order valence-corrected chi connectivity index (χ3v) is 9.64. The highest BCUT2D eigenvalue weighted by Crippen LogP contribution is 2.55. The lowest BCUT2D eigenvalue weighted by Crippen LogP contribution is -2.16. The summed E-state index contributed by atoms with van der Waals surface area (Å²) in [4.78, 5) is 2.43. The number of para-hydroxylation sites is 2. The van der Waals surface area contributed by atoms with E-state index < -0.39 is 0 Å². The highest BCUT2D eigenvalue weighted by atomic mass is 16.3. The minimum Gasteiger partial charge on any atom is -0.454 e. The fourth-order valence-corrected chi connectivity index (χ4v) is 7.49. The largest absolute Gasteiger partial charge is 0.454 e. The molecule has 1 aromatic heterocycles. The van der Waals surface area contributed by atoms with Crippen LogP contribution < -0.4 is 4.90 Å². The highest BCUT2D eigenvalue weighted by molar-refractivity contribution is 6.14. The van der Waals surface area contributed by atoms with Crippen molar-refractivity contribution in [2.45, 2.75) is 19.3 Å². The number of nitrogens with zero attached hydrogens (tertiary/aromatic N) is 1. The van der Waals surface area contributed by atoms with Crippen LogP contribution in [-0.2, 0) is 5.41 Å². The molecule has 9 rings (SSSR count). The van der Waals surface area contributed by atoms with Crippen molar-refractivity contribution in [3.05, 3.63) is 163 Å². The van der Waals surface area contributed by atoms with Gasteiger partial charge in [0, 0.05) is 27.3 Å². The predicted octanol–water partition coefficient (Wildman–Crippen LogP) is 12.2. The Bertz CT molecular complexity index is 2410. The van der Waals surface area contributed by atoms with Crippen molar-refractivity contribution in [3.8, 4) is 22.3 Å². The molecule has 0 atom stereocenters. The summed E-state index contributed by atoms with van der Waals surface area (Å²) in [6, 6.07) is 54.6. The van der Waals surface area contributed by atoms with E-state index in [0.29, 0.717) is 0 Å². The molecule has 8 aromatic rings. The average molecular weight is 578 g/mol. The van der Waals surface area contributed by atoms with Crippen molar-refractivity contribution in [1.82, 2.24) is 0 Å². The van der Waals surface area contributed by atoms with E-state index in [1.54, 1.807) is 0 Å².